The van der Waals surface area contributed by atoms with Crippen molar-refractivity contribution < 1.29 is 9.90 Å². The van der Waals surface area contributed by atoms with E-state index in [1.807, 2.05) is 30.5 Å². The molecule has 1 atom stereocenters. The molecule has 5 nitrogen and oxygen atoms in total. The van der Waals surface area contributed by atoms with E-state index in [1.54, 1.807) is 0 Å². The Morgan fingerprint density at radius 2 is 2.27 bits per heavy atom. The van der Waals surface area contributed by atoms with Gasteiger partial charge < -0.3 is 10.4 Å². The van der Waals surface area contributed by atoms with E-state index in [-0.39, 0.29) is 19.1 Å². The van der Waals surface area contributed by atoms with Crippen molar-refractivity contribution in [3.63, 3.8) is 0 Å². The van der Waals surface area contributed by atoms with Crippen molar-refractivity contribution in [3.8, 4) is 0 Å². The van der Waals surface area contributed by atoms with Crippen LogP contribution in [0.25, 0.3) is 0 Å². The number of aryl methyl sites for hydroxylation is 2. The van der Waals surface area contributed by atoms with Gasteiger partial charge in [-0.1, -0.05) is 24.3 Å². The number of fused-ring (bicyclic) bond motifs is 1. The number of amides is 1. The van der Waals surface area contributed by atoms with Crippen LogP contribution in [0, 0.1) is 6.92 Å². The van der Waals surface area contributed by atoms with E-state index >= 15 is 0 Å². The zero-order chi connectivity index (χ0) is 15.6. The molecule has 0 aliphatic heterocycles. The van der Waals surface area contributed by atoms with Crippen molar-refractivity contribution in [3.05, 3.63) is 46.5 Å². The lowest BCUT2D eigenvalue weighted by atomic mass is 9.92. The lowest BCUT2D eigenvalue weighted by molar-refractivity contribution is -0.115. The number of carbonyl (C=O) groups is 1. The molecular weight excluding hydrogens is 298 g/mol. The first-order chi connectivity index (χ1) is 10.6. The summed E-state index contributed by atoms with van der Waals surface area (Å²) in [4.78, 5) is 16.3. The van der Waals surface area contributed by atoms with Crippen LogP contribution in [0.2, 0.25) is 0 Å². The Morgan fingerprint density at radius 3 is 3.00 bits per heavy atom. The number of aliphatic hydroxyl groups excluding tert-OH is 1. The molecule has 0 saturated carbocycles. The number of thiazole rings is 1. The second kappa shape index (κ2) is 6.16. The van der Waals surface area contributed by atoms with Crippen molar-refractivity contribution >= 4 is 22.4 Å². The summed E-state index contributed by atoms with van der Waals surface area (Å²) in [5.74, 6) is -0.147. The Labute approximate surface area is 133 Å². The number of benzene rings is 1. The van der Waals surface area contributed by atoms with Gasteiger partial charge in [-0.2, -0.15) is 0 Å². The lowest BCUT2D eigenvalue weighted by Gasteiger charge is -2.29. The van der Waals surface area contributed by atoms with E-state index < -0.39 is 5.54 Å². The van der Waals surface area contributed by atoms with Gasteiger partial charge in [0, 0.05) is 5.38 Å². The zero-order valence-corrected chi connectivity index (χ0v) is 13.2. The minimum absolute atomic E-state index is 0.0202. The third-order valence-electron chi connectivity index (χ3n) is 4.08. The molecule has 1 aromatic heterocycles. The smallest absolute Gasteiger partial charge is 0.240 e. The van der Waals surface area contributed by atoms with Crippen molar-refractivity contribution in [2.75, 3.05) is 18.5 Å². The Morgan fingerprint density at radius 1 is 1.45 bits per heavy atom. The van der Waals surface area contributed by atoms with E-state index in [9.17, 15) is 9.90 Å². The first-order valence-electron chi connectivity index (χ1n) is 7.29. The Balaban J connectivity index is 1.66. The van der Waals surface area contributed by atoms with Crippen LogP contribution in [0.3, 0.4) is 0 Å². The second-order valence-corrected chi connectivity index (χ2v) is 6.45. The van der Waals surface area contributed by atoms with Gasteiger partial charge in [-0.15, -0.1) is 11.3 Å². The average molecular weight is 317 g/mol. The van der Waals surface area contributed by atoms with Gasteiger partial charge in [-0.05, 0) is 30.9 Å². The summed E-state index contributed by atoms with van der Waals surface area (Å²) in [5.41, 5.74) is 2.70. The number of hydrogen-bond acceptors (Lipinski definition) is 5. The van der Waals surface area contributed by atoms with Crippen molar-refractivity contribution in [1.29, 1.82) is 0 Å². The van der Waals surface area contributed by atoms with Crippen molar-refractivity contribution in [2.24, 2.45) is 0 Å². The zero-order valence-electron chi connectivity index (χ0n) is 12.4. The molecule has 0 saturated heterocycles. The number of nitrogens with one attached hydrogen (secondary N) is 2. The Hall–Kier alpha value is -1.76. The topological polar surface area (TPSA) is 74.2 Å². The highest BCUT2D eigenvalue weighted by Gasteiger charge is 2.37. The first-order valence-corrected chi connectivity index (χ1v) is 8.17. The van der Waals surface area contributed by atoms with E-state index in [0.717, 1.165) is 24.1 Å². The highest BCUT2D eigenvalue weighted by Crippen LogP contribution is 2.36. The second-order valence-electron chi connectivity index (χ2n) is 5.59. The molecule has 1 aliphatic rings. The van der Waals surface area contributed by atoms with Crippen LogP contribution < -0.4 is 10.6 Å². The van der Waals surface area contributed by atoms with E-state index in [0.29, 0.717) is 5.13 Å². The average Bonchev–Trinajstić information content (AvgIpc) is 3.10. The standard InChI is InChI=1S/C16H19N3O2S/c1-11-9-22-15(18-11)19-14(21)8-17-16(10-20)7-6-12-4-2-3-5-13(12)16/h2-5,9,17,20H,6-8,10H2,1H3,(H,18,19,21). The molecule has 1 aromatic carbocycles. The van der Waals surface area contributed by atoms with Crippen LogP contribution in [0.5, 0.6) is 0 Å². The number of anilines is 1. The van der Waals surface area contributed by atoms with Gasteiger partial charge in [0.25, 0.3) is 0 Å². The monoisotopic (exact) mass is 317 g/mol. The van der Waals surface area contributed by atoms with E-state index in [1.165, 1.54) is 16.9 Å². The van der Waals surface area contributed by atoms with Gasteiger partial charge in [-0.25, -0.2) is 4.98 Å². The minimum Gasteiger partial charge on any atom is -0.394 e. The van der Waals surface area contributed by atoms with E-state index in [4.69, 9.17) is 0 Å². The molecule has 2 aromatic rings. The fraction of sp³-hybridized carbons (Fsp3) is 0.375. The third-order valence-corrected chi connectivity index (χ3v) is 4.95. The van der Waals surface area contributed by atoms with Crippen molar-refractivity contribution in [1.82, 2.24) is 10.3 Å². The summed E-state index contributed by atoms with van der Waals surface area (Å²) in [6.45, 7) is 2.02. The molecular formula is C16H19N3O2S. The van der Waals surface area contributed by atoms with Crippen molar-refractivity contribution in [2.45, 2.75) is 25.3 Å². The summed E-state index contributed by atoms with van der Waals surface area (Å²) >= 11 is 1.41. The minimum atomic E-state index is -0.521. The maximum absolute atomic E-state index is 12.1. The molecule has 3 rings (SSSR count). The normalized spacial score (nSPS) is 19.9. The summed E-state index contributed by atoms with van der Waals surface area (Å²) in [5, 5.41) is 18.4. The molecule has 0 bridgehead atoms. The number of carbonyl (C=O) groups excluding carboxylic acids is 1. The Bertz CT molecular complexity index is 686. The number of nitrogens with zero attached hydrogens (tertiary/aromatic N) is 1. The van der Waals surface area contributed by atoms with Gasteiger partial charge in [0.05, 0.1) is 24.4 Å². The van der Waals surface area contributed by atoms with Gasteiger partial charge in [0.2, 0.25) is 5.91 Å². The quantitative estimate of drug-likeness (QED) is 0.786. The fourth-order valence-electron chi connectivity index (χ4n) is 2.92. The van der Waals surface area contributed by atoms with Crippen LogP contribution in [0.1, 0.15) is 23.2 Å². The van der Waals surface area contributed by atoms with Gasteiger partial charge in [0.1, 0.15) is 0 Å². The number of aromatic nitrogens is 1. The molecule has 0 fully saturated rings. The molecule has 1 heterocycles. The molecule has 0 radical (unpaired) electrons. The maximum atomic E-state index is 12.1. The highest BCUT2D eigenvalue weighted by molar-refractivity contribution is 7.13. The largest absolute Gasteiger partial charge is 0.394 e. The fourth-order valence-corrected chi connectivity index (χ4v) is 3.62. The number of rotatable bonds is 5. The molecule has 116 valence electrons. The Kier molecular flexibility index (Phi) is 4.24. The number of aliphatic hydroxyl groups is 1. The SMILES string of the molecule is Cc1csc(NC(=O)CNC2(CO)CCc3ccccc32)n1. The summed E-state index contributed by atoms with van der Waals surface area (Å²) in [6, 6.07) is 8.07. The molecule has 1 aliphatic carbocycles. The molecule has 1 unspecified atom stereocenters. The van der Waals surface area contributed by atoms with Gasteiger partial charge >= 0.3 is 0 Å². The maximum Gasteiger partial charge on any atom is 0.240 e. The first kappa shape index (κ1) is 15.1. The lowest BCUT2D eigenvalue weighted by Crippen LogP contribution is -2.47. The number of hydrogen-bond donors (Lipinski definition) is 3. The van der Waals surface area contributed by atoms with Crippen LogP contribution in [0.15, 0.2) is 29.6 Å². The highest BCUT2D eigenvalue weighted by atomic mass is 32.1. The summed E-state index contributed by atoms with van der Waals surface area (Å²) in [6.07, 6.45) is 1.71. The molecule has 6 heteroatoms. The van der Waals surface area contributed by atoms with Gasteiger partial charge in [-0.3, -0.25) is 10.1 Å². The summed E-state index contributed by atoms with van der Waals surface area (Å²) in [7, 11) is 0. The summed E-state index contributed by atoms with van der Waals surface area (Å²) < 4.78 is 0. The van der Waals surface area contributed by atoms with Crippen LogP contribution in [0.4, 0.5) is 5.13 Å². The van der Waals surface area contributed by atoms with Crippen LogP contribution in [-0.2, 0) is 16.8 Å². The predicted octanol–water partition coefficient (Wildman–Crippen LogP) is 1.81. The molecule has 1 amide bonds. The molecule has 22 heavy (non-hydrogen) atoms. The predicted molar refractivity (Wildman–Crippen MR) is 87.0 cm³/mol. The van der Waals surface area contributed by atoms with E-state index in [2.05, 4.69) is 21.7 Å². The van der Waals surface area contributed by atoms with Crippen LogP contribution in [-0.4, -0.2) is 29.1 Å². The van der Waals surface area contributed by atoms with Crippen LogP contribution >= 0.6 is 11.3 Å². The molecule has 3 N–H and O–H groups in total. The van der Waals surface area contributed by atoms with Gasteiger partial charge in [0.15, 0.2) is 5.13 Å². The molecule has 0 spiro atoms. The third kappa shape index (κ3) is 2.90.